The first-order valence-corrected chi connectivity index (χ1v) is 11.3. The molecule has 0 unspecified atom stereocenters. The van der Waals surface area contributed by atoms with Gasteiger partial charge in [0.1, 0.15) is 32.5 Å². The maximum atomic E-state index is 13.5. The molecule has 3 N–H and O–H groups in total. The molecule has 3 aliphatic rings. The fourth-order valence-corrected chi connectivity index (χ4v) is 6.04. The van der Waals surface area contributed by atoms with Gasteiger partial charge in [0, 0.05) is 5.69 Å². The number of nitrogens with two attached hydrogens (primary N) is 1. The van der Waals surface area contributed by atoms with E-state index in [-0.39, 0.29) is 41.7 Å². The van der Waals surface area contributed by atoms with Gasteiger partial charge < -0.3 is 20.3 Å². The van der Waals surface area contributed by atoms with Crippen LogP contribution in [0.5, 0.6) is 11.5 Å². The monoisotopic (exact) mass is 497 g/mol. The van der Waals surface area contributed by atoms with Crippen LogP contribution in [0.2, 0.25) is 0 Å². The first-order chi connectivity index (χ1) is 16.2. The Morgan fingerprint density at radius 2 is 1.82 bits per heavy atom. The molecule has 0 aromatic heterocycles. The van der Waals surface area contributed by atoms with Crippen LogP contribution < -0.4 is 29.9 Å². The number of fused-ring (bicyclic) bond motifs is 1. The number of nitrogens with zero attached hydrogens (tertiary/aromatic N) is 2. The van der Waals surface area contributed by atoms with Gasteiger partial charge in [0.2, 0.25) is 5.43 Å². The van der Waals surface area contributed by atoms with Crippen LogP contribution in [-0.2, 0) is 19.1 Å². The van der Waals surface area contributed by atoms with Crippen LogP contribution in [0.4, 0.5) is 11.4 Å². The summed E-state index contributed by atoms with van der Waals surface area (Å²) in [6.45, 7) is 1.51. The van der Waals surface area contributed by atoms with Crippen LogP contribution in [0.15, 0.2) is 29.1 Å². The summed E-state index contributed by atoms with van der Waals surface area (Å²) in [5, 5.41) is 20.1. The molecule has 0 fully saturated rings. The van der Waals surface area contributed by atoms with Gasteiger partial charge in [-0.25, -0.2) is 4.79 Å². The number of hydrogen-bond acceptors (Lipinski definition) is 10. The van der Waals surface area contributed by atoms with Crippen LogP contribution in [0.3, 0.4) is 0 Å². The predicted molar refractivity (Wildman–Crippen MR) is 123 cm³/mol. The lowest BCUT2D eigenvalue weighted by atomic mass is 10.2. The lowest BCUT2D eigenvalue weighted by Gasteiger charge is -2.19. The number of methoxy groups -OCH3 is 1. The van der Waals surface area contributed by atoms with Gasteiger partial charge >= 0.3 is 5.97 Å². The molecular weight excluding hydrogens is 482 g/mol. The Labute approximate surface area is 198 Å². The number of aromatic hydroxyl groups is 1. The molecule has 1 aromatic rings. The summed E-state index contributed by atoms with van der Waals surface area (Å²) in [5.74, 6) is -2.79. The standard InChI is InChI=1S/C22H15N3O7S2/c1-3-32-21(30)13-12-14(25(20(13)29)9-4-6-10(31-2)7-5-9)16(27)18-17(15(12)26)33-22(34-18)11(8-23)19(24)28/h4-7,27H,3H2,1-2H3,(H2,24,28)/b22-11-. The Bertz CT molecular complexity index is 1660. The van der Waals surface area contributed by atoms with Gasteiger partial charge in [-0.2, -0.15) is 5.26 Å². The number of nitriles is 1. The smallest absolute Gasteiger partial charge is 0.344 e. The van der Waals surface area contributed by atoms with Crippen molar-refractivity contribution in [3.8, 4) is 17.6 Å². The number of rotatable bonds is 5. The topological polar surface area (TPSA) is 160 Å². The summed E-state index contributed by atoms with van der Waals surface area (Å²) in [6, 6.07) is 7.90. The summed E-state index contributed by atoms with van der Waals surface area (Å²) in [4.78, 5) is 52.2. The minimum Gasteiger partial charge on any atom is -0.504 e. The number of amides is 2. The highest BCUT2D eigenvalue weighted by atomic mass is 32.2. The van der Waals surface area contributed by atoms with Crippen molar-refractivity contribution in [3.63, 3.8) is 0 Å². The Morgan fingerprint density at radius 1 is 1.18 bits per heavy atom. The maximum Gasteiger partial charge on any atom is 0.344 e. The molecule has 0 saturated carbocycles. The number of anilines is 2. The van der Waals surface area contributed by atoms with Gasteiger partial charge in [0.15, 0.2) is 5.75 Å². The van der Waals surface area contributed by atoms with E-state index in [1.807, 2.05) is 0 Å². The Hall–Kier alpha value is -4.21. The first kappa shape index (κ1) is 23.0. The first-order valence-electron chi connectivity index (χ1n) is 9.67. The molecule has 0 radical (unpaired) electrons. The number of primary amides is 1. The van der Waals surface area contributed by atoms with E-state index >= 15 is 0 Å². The normalized spacial score (nSPS) is 13.5. The SMILES string of the molecule is CCOC(=O)C1=c2c(c(O)c3s/c(=C(/C#N)C(N)=O)sc=3c2=O)N(c2ccc(OC)cc2)C1=O. The number of ether oxygens (including phenoxy) is 2. The van der Waals surface area contributed by atoms with Crippen molar-refractivity contribution >= 4 is 63.0 Å². The van der Waals surface area contributed by atoms with E-state index in [9.17, 15) is 29.5 Å². The number of carbonyl (C=O) groups excluding carboxylic acids is 3. The second kappa shape index (κ2) is 8.62. The molecule has 34 heavy (non-hydrogen) atoms. The molecule has 2 amide bonds. The number of esters is 1. The number of benzene rings is 1. The number of carbonyl (C=O) groups is 3. The largest absolute Gasteiger partial charge is 0.504 e. The van der Waals surface area contributed by atoms with E-state index in [4.69, 9.17) is 15.2 Å². The highest BCUT2D eigenvalue weighted by Crippen LogP contribution is 2.37. The van der Waals surface area contributed by atoms with Crippen molar-refractivity contribution in [2.24, 2.45) is 5.73 Å². The minimum atomic E-state index is -1.01. The molecule has 0 atom stereocenters. The lowest BCUT2D eigenvalue weighted by molar-refractivity contribution is -0.137. The van der Waals surface area contributed by atoms with Gasteiger partial charge in [-0.3, -0.25) is 19.3 Å². The molecule has 2 aliphatic heterocycles. The highest BCUT2D eigenvalue weighted by molar-refractivity contribution is 7.25. The third-order valence-electron chi connectivity index (χ3n) is 4.97. The molecule has 12 heteroatoms. The Balaban J connectivity index is 2.16. The van der Waals surface area contributed by atoms with Crippen LogP contribution in [-0.4, -0.2) is 36.6 Å². The second-order valence-corrected chi connectivity index (χ2v) is 9.14. The maximum absolute atomic E-state index is 13.5. The van der Waals surface area contributed by atoms with E-state index in [1.54, 1.807) is 25.1 Å². The molecule has 0 bridgehead atoms. The molecule has 10 nitrogen and oxygen atoms in total. The summed E-state index contributed by atoms with van der Waals surface area (Å²) in [5.41, 5.74) is 3.73. The predicted octanol–water partition coefficient (Wildman–Crippen LogP) is 0.160. The van der Waals surface area contributed by atoms with E-state index in [1.165, 1.54) is 19.2 Å². The van der Waals surface area contributed by atoms with Crippen molar-refractivity contribution in [2.75, 3.05) is 18.6 Å². The molecule has 4 rings (SSSR count). The average molecular weight is 498 g/mol. The van der Waals surface area contributed by atoms with Crippen molar-refractivity contribution in [1.29, 1.82) is 5.26 Å². The van der Waals surface area contributed by atoms with Crippen molar-refractivity contribution < 1.29 is 29.0 Å². The molecule has 0 spiro atoms. The number of hydrogen-bond donors (Lipinski definition) is 2. The van der Waals surface area contributed by atoms with Crippen molar-refractivity contribution in [3.05, 3.63) is 52.6 Å². The fourth-order valence-electron chi connectivity index (χ4n) is 3.49. The lowest BCUT2D eigenvalue weighted by Crippen LogP contribution is -2.29. The van der Waals surface area contributed by atoms with E-state index in [0.29, 0.717) is 5.75 Å². The van der Waals surface area contributed by atoms with Crippen LogP contribution in [0.1, 0.15) is 6.92 Å². The van der Waals surface area contributed by atoms with Crippen molar-refractivity contribution in [1.82, 2.24) is 0 Å². The highest BCUT2D eigenvalue weighted by Gasteiger charge is 2.39. The van der Waals surface area contributed by atoms with Crippen LogP contribution >= 0.6 is 22.7 Å². The third-order valence-corrected chi connectivity index (χ3v) is 7.57. The average Bonchev–Trinajstić information content (AvgIpc) is 3.38. The van der Waals surface area contributed by atoms with Crippen LogP contribution in [0, 0.1) is 20.4 Å². The summed E-state index contributed by atoms with van der Waals surface area (Å²) in [7, 11) is 1.47. The molecule has 1 aliphatic carbocycles. The van der Waals surface area contributed by atoms with Crippen LogP contribution in [0.25, 0.3) is 11.1 Å². The van der Waals surface area contributed by atoms with E-state index < -0.39 is 34.5 Å². The summed E-state index contributed by atoms with van der Waals surface area (Å²) < 4.78 is 10.3. The van der Waals surface area contributed by atoms with Gasteiger partial charge in [0.25, 0.3) is 11.8 Å². The zero-order valence-electron chi connectivity index (χ0n) is 17.7. The third kappa shape index (κ3) is 3.38. The van der Waals surface area contributed by atoms with E-state index in [2.05, 4.69) is 0 Å². The van der Waals surface area contributed by atoms with Gasteiger partial charge in [-0.15, -0.1) is 22.7 Å². The molecule has 1 aromatic carbocycles. The van der Waals surface area contributed by atoms with Crippen molar-refractivity contribution in [2.45, 2.75) is 6.92 Å². The Morgan fingerprint density at radius 3 is 2.38 bits per heavy atom. The molecule has 2 heterocycles. The fraction of sp³-hybridized carbons (Fsp3) is 0.136. The van der Waals surface area contributed by atoms with Gasteiger partial charge in [0.05, 0.1) is 28.0 Å². The molecule has 0 saturated heterocycles. The molecular formula is C22H15N3O7S2. The Kier molecular flexibility index (Phi) is 5.82. The zero-order valence-corrected chi connectivity index (χ0v) is 19.3. The second-order valence-electron chi connectivity index (χ2n) is 6.84. The molecule has 172 valence electrons. The minimum absolute atomic E-state index is 0.0311. The van der Waals surface area contributed by atoms with Gasteiger partial charge in [-0.05, 0) is 31.2 Å². The zero-order chi connectivity index (χ0) is 24.7. The van der Waals surface area contributed by atoms with Gasteiger partial charge in [-0.1, -0.05) is 0 Å². The quantitative estimate of drug-likeness (QED) is 0.472. The summed E-state index contributed by atoms with van der Waals surface area (Å²) in [6.07, 6.45) is 0. The van der Waals surface area contributed by atoms with E-state index in [0.717, 1.165) is 27.6 Å². The summed E-state index contributed by atoms with van der Waals surface area (Å²) >= 11 is 1.58.